The Morgan fingerprint density at radius 3 is 2.89 bits per heavy atom. The number of carboxylic acids is 1. The molecule has 1 amide bonds. The maximum absolute atomic E-state index is 12.2. The van der Waals surface area contributed by atoms with E-state index in [0.29, 0.717) is 18.7 Å². The van der Waals surface area contributed by atoms with Gasteiger partial charge in [0, 0.05) is 12.2 Å². The summed E-state index contributed by atoms with van der Waals surface area (Å²) in [6, 6.07) is 4.79. The van der Waals surface area contributed by atoms with E-state index < -0.39 is 5.97 Å². The fourth-order valence-corrected chi connectivity index (χ4v) is 2.55. The van der Waals surface area contributed by atoms with E-state index in [9.17, 15) is 9.59 Å². The zero-order valence-corrected chi connectivity index (χ0v) is 10.6. The van der Waals surface area contributed by atoms with Gasteiger partial charge in [-0.15, -0.1) is 0 Å². The Balaban J connectivity index is 1.94. The highest BCUT2D eigenvalue weighted by molar-refractivity contribution is 6.99. The molecule has 0 aliphatic carbocycles. The van der Waals surface area contributed by atoms with E-state index in [2.05, 4.69) is 8.75 Å². The summed E-state index contributed by atoms with van der Waals surface area (Å²) in [5.41, 5.74) is 2.18. The minimum Gasteiger partial charge on any atom is -0.478 e. The quantitative estimate of drug-likeness (QED) is 0.896. The maximum atomic E-state index is 12.2. The van der Waals surface area contributed by atoms with Crippen LogP contribution in [0, 0.1) is 0 Å². The number of amides is 1. The van der Waals surface area contributed by atoms with Crippen LogP contribution in [0.1, 0.15) is 26.4 Å². The zero-order valence-electron chi connectivity index (χ0n) is 9.74. The third kappa shape index (κ3) is 1.97. The van der Waals surface area contributed by atoms with Crippen molar-refractivity contribution in [2.75, 3.05) is 11.4 Å². The smallest absolute Gasteiger partial charge is 0.335 e. The molecule has 3 rings (SSSR count). The van der Waals surface area contributed by atoms with Crippen LogP contribution in [0.2, 0.25) is 0 Å². The first kappa shape index (κ1) is 11.8. The van der Waals surface area contributed by atoms with Crippen LogP contribution in [-0.2, 0) is 6.42 Å². The fraction of sp³-hybridized carbons (Fsp3) is 0.167. The van der Waals surface area contributed by atoms with Gasteiger partial charge < -0.3 is 10.0 Å². The van der Waals surface area contributed by atoms with Gasteiger partial charge in [-0.25, -0.2) is 4.79 Å². The molecule has 0 unspecified atom stereocenters. The van der Waals surface area contributed by atoms with Crippen molar-refractivity contribution in [3.8, 4) is 0 Å². The maximum Gasteiger partial charge on any atom is 0.335 e. The third-order valence-corrected chi connectivity index (χ3v) is 3.53. The number of anilines is 1. The summed E-state index contributed by atoms with van der Waals surface area (Å²) in [4.78, 5) is 24.7. The molecule has 0 saturated carbocycles. The van der Waals surface area contributed by atoms with Crippen molar-refractivity contribution in [2.24, 2.45) is 0 Å². The molecule has 0 spiro atoms. The zero-order chi connectivity index (χ0) is 13.4. The summed E-state index contributed by atoms with van der Waals surface area (Å²) < 4.78 is 7.74. The molecule has 1 aliphatic heterocycles. The monoisotopic (exact) mass is 275 g/mol. The molecule has 1 aromatic heterocycles. The Bertz CT molecular complexity index is 654. The normalized spacial score (nSPS) is 13.4. The second-order valence-electron chi connectivity index (χ2n) is 4.15. The number of benzene rings is 1. The van der Waals surface area contributed by atoms with Crippen LogP contribution in [0.4, 0.5) is 5.69 Å². The number of carbonyl (C=O) groups excluding carboxylic acids is 1. The highest BCUT2D eigenvalue weighted by Gasteiger charge is 2.27. The molecule has 1 aromatic carbocycles. The van der Waals surface area contributed by atoms with Gasteiger partial charge in [0.05, 0.1) is 23.5 Å². The molecule has 19 heavy (non-hydrogen) atoms. The van der Waals surface area contributed by atoms with Crippen molar-refractivity contribution in [1.29, 1.82) is 0 Å². The van der Waals surface area contributed by atoms with Crippen LogP contribution >= 0.6 is 11.7 Å². The Kier molecular flexibility index (Phi) is 2.75. The Morgan fingerprint density at radius 1 is 1.37 bits per heavy atom. The van der Waals surface area contributed by atoms with Gasteiger partial charge in [0.15, 0.2) is 5.69 Å². The van der Waals surface area contributed by atoms with Gasteiger partial charge in [-0.2, -0.15) is 8.75 Å². The third-order valence-electron chi connectivity index (χ3n) is 3.05. The number of hydrogen-bond donors (Lipinski definition) is 1. The summed E-state index contributed by atoms with van der Waals surface area (Å²) in [5.74, 6) is -1.16. The average Bonchev–Trinajstić information content (AvgIpc) is 3.06. The molecule has 2 aromatic rings. The topological polar surface area (TPSA) is 83.4 Å². The molecule has 1 aliphatic rings. The first-order chi connectivity index (χ1) is 9.16. The highest BCUT2D eigenvalue weighted by Crippen LogP contribution is 2.30. The van der Waals surface area contributed by atoms with Gasteiger partial charge in [0.2, 0.25) is 0 Å². The molecule has 0 fully saturated rings. The summed E-state index contributed by atoms with van der Waals surface area (Å²) in [6.45, 7) is 0.536. The van der Waals surface area contributed by atoms with Crippen LogP contribution in [0.25, 0.3) is 0 Å². The summed E-state index contributed by atoms with van der Waals surface area (Å²) in [7, 11) is 0. The lowest BCUT2D eigenvalue weighted by atomic mass is 10.1. The van der Waals surface area contributed by atoms with E-state index >= 15 is 0 Å². The Hall–Kier alpha value is -2.28. The lowest BCUT2D eigenvalue weighted by Crippen LogP contribution is -2.29. The van der Waals surface area contributed by atoms with Gasteiger partial charge in [-0.1, -0.05) is 0 Å². The molecule has 7 heteroatoms. The highest BCUT2D eigenvalue weighted by atomic mass is 32.1. The van der Waals surface area contributed by atoms with Gasteiger partial charge in [-0.3, -0.25) is 4.79 Å². The second kappa shape index (κ2) is 4.43. The standard InChI is InChI=1S/C12H9N3O3S/c16-11(9-6-13-19-14-9)15-4-3-7-5-8(12(17)18)1-2-10(7)15/h1-2,5-6H,3-4H2,(H,17,18). The number of aromatic carboxylic acids is 1. The van der Waals surface area contributed by atoms with Crippen LogP contribution in [0.3, 0.4) is 0 Å². The number of carbonyl (C=O) groups is 2. The number of nitrogens with zero attached hydrogens (tertiary/aromatic N) is 3. The van der Waals surface area contributed by atoms with Crippen molar-refractivity contribution in [3.63, 3.8) is 0 Å². The fourth-order valence-electron chi connectivity index (χ4n) is 2.14. The molecule has 0 atom stereocenters. The second-order valence-corrected chi connectivity index (χ2v) is 4.70. The van der Waals surface area contributed by atoms with Crippen molar-refractivity contribution in [2.45, 2.75) is 6.42 Å². The van der Waals surface area contributed by atoms with Crippen molar-refractivity contribution < 1.29 is 14.7 Å². The molecular weight excluding hydrogens is 266 g/mol. The van der Waals surface area contributed by atoms with Crippen LogP contribution in [0.15, 0.2) is 24.4 Å². The number of aromatic nitrogens is 2. The Labute approximate surface area is 112 Å². The van der Waals surface area contributed by atoms with E-state index in [1.165, 1.54) is 12.3 Å². The minimum absolute atomic E-state index is 0.199. The lowest BCUT2D eigenvalue weighted by Gasteiger charge is -2.15. The molecular formula is C12H9N3O3S. The average molecular weight is 275 g/mol. The molecule has 6 nitrogen and oxygen atoms in total. The van der Waals surface area contributed by atoms with Gasteiger partial charge in [0.1, 0.15) is 0 Å². The van der Waals surface area contributed by atoms with Gasteiger partial charge in [0.25, 0.3) is 5.91 Å². The molecule has 0 saturated heterocycles. The van der Waals surface area contributed by atoms with E-state index in [0.717, 1.165) is 23.0 Å². The first-order valence-corrected chi connectivity index (χ1v) is 6.35. The number of hydrogen-bond acceptors (Lipinski definition) is 5. The molecule has 1 N–H and O–H groups in total. The van der Waals surface area contributed by atoms with Crippen LogP contribution < -0.4 is 4.90 Å². The molecule has 2 heterocycles. The van der Waals surface area contributed by atoms with Crippen molar-refractivity contribution in [1.82, 2.24) is 8.75 Å². The first-order valence-electron chi connectivity index (χ1n) is 5.62. The van der Waals surface area contributed by atoms with Crippen LogP contribution in [0.5, 0.6) is 0 Å². The summed E-state index contributed by atoms with van der Waals surface area (Å²) >= 11 is 0.989. The number of fused-ring (bicyclic) bond motifs is 1. The minimum atomic E-state index is -0.962. The van der Waals surface area contributed by atoms with E-state index in [1.807, 2.05) is 0 Å². The van der Waals surface area contributed by atoms with E-state index in [-0.39, 0.29) is 11.5 Å². The molecule has 0 bridgehead atoms. The largest absolute Gasteiger partial charge is 0.478 e. The number of rotatable bonds is 2. The lowest BCUT2D eigenvalue weighted by molar-refractivity contribution is 0.0696. The molecule has 0 radical (unpaired) electrons. The number of carboxylic acid groups (broad SMARTS) is 1. The van der Waals surface area contributed by atoms with Crippen molar-refractivity contribution in [3.05, 3.63) is 41.2 Å². The SMILES string of the molecule is O=C(O)c1ccc2c(c1)CCN2C(=O)c1cnsn1. The van der Waals surface area contributed by atoms with Crippen molar-refractivity contribution >= 4 is 29.3 Å². The predicted octanol–water partition coefficient (Wildman–Crippen LogP) is 1.44. The van der Waals surface area contributed by atoms with E-state index in [1.54, 1.807) is 17.0 Å². The van der Waals surface area contributed by atoms with Crippen LogP contribution in [-0.4, -0.2) is 32.3 Å². The van der Waals surface area contributed by atoms with Gasteiger partial charge >= 0.3 is 5.97 Å². The summed E-state index contributed by atoms with van der Waals surface area (Å²) in [6.07, 6.45) is 2.09. The van der Waals surface area contributed by atoms with Gasteiger partial charge in [-0.05, 0) is 30.2 Å². The Morgan fingerprint density at radius 2 is 2.21 bits per heavy atom. The summed E-state index contributed by atoms with van der Waals surface area (Å²) in [5, 5.41) is 8.94. The molecule has 96 valence electrons. The van der Waals surface area contributed by atoms with E-state index in [4.69, 9.17) is 5.11 Å². The predicted molar refractivity (Wildman–Crippen MR) is 68.7 cm³/mol.